The number of aromatic amines is 1. The van der Waals surface area contributed by atoms with Gasteiger partial charge in [0.25, 0.3) is 5.91 Å². The molecule has 0 aliphatic rings. The van der Waals surface area contributed by atoms with E-state index in [9.17, 15) is 4.79 Å². The molecule has 25 heavy (non-hydrogen) atoms. The van der Waals surface area contributed by atoms with Gasteiger partial charge in [0.1, 0.15) is 5.75 Å². The Bertz CT molecular complexity index is 872. The van der Waals surface area contributed by atoms with Crippen LogP contribution < -0.4 is 10.2 Å². The fourth-order valence-corrected chi connectivity index (χ4v) is 2.29. The molecule has 0 bridgehead atoms. The summed E-state index contributed by atoms with van der Waals surface area (Å²) in [5.41, 5.74) is 6.14. The van der Waals surface area contributed by atoms with E-state index in [2.05, 4.69) is 20.7 Å². The van der Waals surface area contributed by atoms with Crippen LogP contribution in [0.5, 0.6) is 5.75 Å². The Balaban J connectivity index is 1.55. The second-order valence-electron chi connectivity index (χ2n) is 5.46. The number of hydrogen-bond donors (Lipinski definition) is 2. The van der Waals surface area contributed by atoms with Crippen LogP contribution in [-0.2, 0) is 4.79 Å². The first kappa shape index (κ1) is 16.4. The van der Waals surface area contributed by atoms with E-state index in [4.69, 9.17) is 4.74 Å². The number of carbonyl (C=O) groups is 1. The van der Waals surface area contributed by atoms with Crippen LogP contribution in [-0.4, -0.2) is 28.9 Å². The fraction of sp³-hybridized carbons (Fsp3) is 0.105. The number of benzene rings is 2. The minimum atomic E-state index is -0.331. The summed E-state index contributed by atoms with van der Waals surface area (Å²) in [6.07, 6.45) is 3.21. The van der Waals surface area contributed by atoms with Gasteiger partial charge in [0.05, 0.1) is 18.1 Å². The third kappa shape index (κ3) is 4.54. The predicted molar refractivity (Wildman–Crippen MR) is 96.4 cm³/mol. The molecule has 2 aromatic carbocycles. The van der Waals surface area contributed by atoms with Gasteiger partial charge >= 0.3 is 0 Å². The third-order valence-corrected chi connectivity index (χ3v) is 3.48. The first-order chi connectivity index (χ1) is 12.2. The van der Waals surface area contributed by atoms with Crippen LogP contribution >= 0.6 is 0 Å². The van der Waals surface area contributed by atoms with Crippen molar-refractivity contribution in [2.24, 2.45) is 5.10 Å². The molecule has 1 heterocycles. The van der Waals surface area contributed by atoms with E-state index in [0.717, 1.165) is 22.4 Å². The summed E-state index contributed by atoms with van der Waals surface area (Å²) >= 11 is 0. The van der Waals surface area contributed by atoms with Crippen molar-refractivity contribution < 1.29 is 9.53 Å². The third-order valence-electron chi connectivity index (χ3n) is 3.48. The molecule has 0 unspecified atom stereocenters. The molecule has 0 saturated carbocycles. The number of aryl methyl sites for hydroxylation is 1. The molecule has 3 rings (SSSR count). The van der Waals surface area contributed by atoms with Crippen molar-refractivity contribution in [3.05, 3.63) is 71.9 Å². The van der Waals surface area contributed by atoms with Crippen LogP contribution in [0.15, 0.2) is 65.9 Å². The molecular weight excluding hydrogens is 316 g/mol. The highest BCUT2D eigenvalue weighted by atomic mass is 16.5. The lowest BCUT2D eigenvalue weighted by Gasteiger charge is -2.05. The Morgan fingerprint density at radius 1 is 1.24 bits per heavy atom. The van der Waals surface area contributed by atoms with Crippen molar-refractivity contribution >= 4 is 12.1 Å². The van der Waals surface area contributed by atoms with E-state index < -0.39 is 0 Å². The average Bonchev–Trinajstić information content (AvgIpc) is 3.09. The number of amides is 1. The predicted octanol–water partition coefficient (Wildman–Crippen LogP) is 2.91. The van der Waals surface area contributed by atoms with E-state index in [1.807, 2.05) is 55.5 Å². The maximum absolute atomic E-state index is 11.8. The molecule has 0 aliphatic carbocycles. The average molecular weight is 334 g/mol. The van der Waals surface area contributed by atoms with E-state index >= 15 is 0 Å². The van der Waals surface area contributed by atoms with Gasteiger partial charge in [-0.1, -0.05) is 42.5 Å². The molecular formula is C19H18N4O2. The maximum Gasteiger partial charge on any atom is 0.277 e. The highest BCUT2D eigenvalue weighted by Gasteiger charge is 2.06. The van der Waals surface area contributed by atoms with Gasteiger partial charge in [0.15, 0.2) is 6.61 Å². The Labute approximate surface area is 145 Å². The van der Waals surface area contributed by atoms with Crippen LogP contribution in [0.4, 0.5) is 0 Å². The van der Waals surface area contributed by atoms with Gasteiger partial charge in [-0.2, -0.15) is 10.2 Å². The van der Waals surface area contributed by atoms with Gasteiger partial charge in [0, 0.05) is 11.1 Å². The van der Waals surface area contributed by atoms with Gasteiger partial charge < -0.3 is 4.74 Å². The number of nitrogens with one attached hydrogen (secondary N) is 2. The lowest BCUT2D eigenvalue weighted by Crippen LogP contribution is -2.24. The fourth-order valence-electron chi connectivity index (χ4n) is 2.29. The number of H-pyrrole nitrogens is 1. The minimum absolute atomic E-state index is 0.0995. The zero-order valence-corrected chi connectivity index (χ0v) is 13.8. The van der Waals surface area contributed by atoms with Crippen LogP contribution in [0.2, 0.25) is 0 Å². The van der Waals surface area contributed by atoms with Gasteiger partial charge in [-0.05, 0) is 24.6 Å². The first-order valence-corrected chi connectivity index (χ1v) is 7.82. The minimum Gasteiger partial charge on any atom is -0.484 e. The highest BCUT2D eigenvalue weighted by Crippen LogP contribution is 2.18. The van der Waals surface area contributed by atoms with Gasteiger partial charge in [-0.25, -0.2) is 5.43 Å². The monoisotopic (exact) mass is 334 g/mol. The molecule has 1 aromatic heterocycles. The van der Waals surface area contributed by atoms with Gasteiger partial charge in [0.2, 0.25) is 0 Å². The van der Waals surface area contributed by atoms with Crippen molar-refractivity contribution in [1.29, 1.82) is 0 Å². The lowest BCUT2D eigenvalue weighted by atomic mass is 10.1. The standard InChI is InChI=1S/C19H18N4O2/c1-14-6-5-9-17(10-14)25-13-18(24)22-20-11-16-12-21-23-19(16)15-7-3-2-4-8-15/h2-12H,13H2,1H3,(H,21,23)(H,22,24). The topological polar surface area (TPSA) is 79.4 Å². The molecule has 2 N–H and O–H groups in total. The SMILES string of the molecule is Cc1cccc(OCC(=O)NN=Cc2cn[nH]c2-c2ccccc2)c1. The number of rotatable bonds is 6. The van der Waals surface area contributed by atoms with E-state index in [1.165, 1.54) is 0 Å². The number of aromatic nitrogens is 2. The molecule has 6 nitrogen and oxygen atoms in total. The summed E-state index contributed by atoms with van der Waals surface area (Å²) in [5.74, 6) is 0.322. The largest absolute Gasteiger partial charge is 0.484 e. The van der Waals surface area contributed by atoms with Crippen LogP contribution in [0.3, 0.4) is 0 Å². The summed E-state index contributed by atoms with van der Waals surface area (Å²) in [6.45, 7) is 1.87. The second kappa shape index (κ2) is 7.92. The summed E-state index contributed by atoms with van der Waals surface area (Å²) in [4.78, 5) is 11.8. The first-order valence-electron chi connectivity index (χ1n) is 7.82. The number of nitrogens with zero attached hydrogens (tertiary/aromatic N) is 2. The number of carbonyl (C=O) groups excluding carboxylic acids is 1. The Kier molecular flexibility index (Phi) is 5.21. The molecule has 6 heteroatoms. The van der Waals surface area contributed by atoms with Crippen molar-refractivity contribution in [1.82, 2.24) is 15.6 Å². The van der Waals surface area contributed by atoms with Crippen molar-refractivity contribution in [3.8, 4) is 17.0 Å². The normalized spacial score (nSPS) is 10.8. The molecule has 3 aromatic rings. The smallest absolute Gasteiger partial charge is 0.277 e. The summed E-state index contributed by atoms with van der Waals surface area (Å²) in [5, 5.41) is 10.9. The zero-order valence-electron chi connectivity index (χ0n) is 13.8. The summed E-state index contributed by atoms with van der Waals surface area (Å²) in [6, 6.07) is 17.3. The highest BCUT2D eigenvalue weighted by molar-refractivity contribution is 5.89. The van der Waals surface area contributed by atoms with E-state index in [-0.39, 0.29) is 12.5 Å². The van der Waals surface area contributed by atoms with Crippen LogP contribution in [0.25, 0.3) is 11.3 Å². The van der Waals surface area contributed by atoms with Crippen LogP contribution in [0.1, 0.15) is 11.1 Å². The second-order valence-corrected chi connectivity index (χ2v) is 5.46. The number of ether oxygens (including phenoxy) is 1. The quantitative estimate of drug-likeness (QED) is 0.537. The Morgan fingerprint density at radius 2 is 2.08 bits per heavy atom. The van der Waals surface area contributed by atoms with Crippen molar-refractivity contribution in [3.63, 3.8) is 0 Å². The molecule has 126 valence electrons. The van der Waals surface area contributed by atoms with Crippen LogP contribution in [0, 0.1) is 6.92 Å². The summed E-state index contributed by atoms with van der Waals surface area (Å²) < 4.78 is 5.42. The Hall–Kier alpha value is -3.41. The molecule has 0 saturated heterocycles. The number of hydrazone groups is 1. The summed E-state index contributed by atoms with van der Waals surface area (Å²) in [7, 11) is 0. The van der Waals surface area contributed by atoms with Gasteiger partial charge in [-0.3, -0.25) is 9.89 Å². The van der Waals surface area contributed by atoms with Gasteiger partial charge in [-0.15, -0.1) is 0 Å². The molecule has 0 fully saturated rings. The molecule has 0 spiro atoms. The molecule has 0 aliphatic heterocycles. The molecule has 0 radical (unpaired) electrons. The van der Waals surface area contributed by atoms with Crippen molar-refractivity contribution in [2.45, 2.75) is 6.92 Å². The van der Waals surface area contributed by atoms with E-state index in [1.54, 1.807) is 18.5 Å². The lowest BCUT2D eigenvalue weighted by molar-refractivity contribution is -0.123. The molecule has 1 amide bonds. The maximum atomic E-state index is 11.8. The zero-order chi connectivity index (χ0) is 17.5. The van der Waals surface area contributed by atoms with Crippen molar-refractivity contribution in [2.75, 3.05) is 6.61 Å². The molecule has 0 atom stereocenters. The number of hydrogen-bond acceptors (Lipinski definition) is 4. The van der Waals surface area contributed by atoms with E-state index in [0.29, 0.717) is 5.75 Å². The Morgan fingerprint density at radius 3 is 2.88 bits per heavy atom.